The maximum atomic E-state index is 12.5. The number of carboxylic acid groups (broad SMARTS) is 1. The fraction of sp³-hybridized carbons (Fsp3) is 0.417. The lowest BCUT2D eigenvalue weighted by atomic mass is 10.2. The van der Waals surface area contributed by atoms with E-state index in [1.165, 1.54) is 12.1 Å². The van der Waals surface area contributed by atoms with Crippen LogP contribution in [0.15, 0.2) is 29.2 Å². The molecule has 0 aliphatic carbocycles. The van der Waals surface area contributed by atoms with Crippen molar-refractivity contribution in [3.05, 3.63) is 24.3 Å². The first-order valence-corrected chi connectivity index (χ1v) is 7.56. The standard InChI is InChI=1S/C12H13F2NO5S/c13-12(14)20-9-5-1-2-6-10(9)21(18,19)15-7-3-4-8(15)11(16)17/h1-2,5-6,8,12H,3-4,7H2,(H,16,17)/t8-/m0/s1. The molecule has 0 aromatic heterocycles. The molecule has 2 rings (SSSR count). The van der Waals surface area contributed by atoms with Gasteiger partial charge in [-0.25, -0.2) is 8.42 Å². The Kier molecular flexibility index (Phi) is 4.43. The molecule has 9 heteroatoms. The SMILES string of the molecule is O=C(O)[C@@H]1CCCN1S(=O)(=O)c1ccccc1OC(F)F. The van der Waals surface area contributed by atoms with Crippen LogP contribution in [0, 0.1) is 0 Å². The first kappa shape index (κ1) is 15.6. The van der Waals surface area contributed by atoms with Gasteiger partial charge in [-0.05, 0) is 25.0 Å². The second-order valence-corrected chi connectivity index (χ2v) is 6.30. The van der Waals surface area contributed by atoms with Gasteiger partial charge >= 0.3 is 12.6 Å². The van der Waals surface area contributed by atoms with Crippen molar-refractivity contribution in [1.82, 2.24) is 4.31 Å². The average Bonchev–Trinajstić information content (AvgIpc) is 2.88. The Morgan fingerprint density at radius 1 is 1.38 bits per heavy atom. The summed E-state index contributed by atoms with van der Waals surface area (Å²) in [6.45, 7) is -3.14. The minimum atomic E-state index is -4.21. The number of rotatable bonds is 5. The summed E-state index contributed by atoms with van der Waals surface area (Å²) in [5.74, 6) is -1.76. The molecule has 21 heavy (non-hydrogen) atoms. The zero-order valence-corrected chi connectivity index (χ0v) is 11.6. The zero-order chi connectivity index (χ0) is 15.6. The first-order chi connectivity index (χ1) is 9.84. The van der Waals surface area contributed by atoms with E-state index in [2.05, 4.69) is 4.74 Å². The summed E-state index contributed by atoms with van der Waals surface area (Å²) in [5, 5.41) is 9.05. The third-order valence-electron chi connectivity index (χ3n) is 3.14. The number of sulfonamides is 1. The highest BCUT2D eigenvalue weighted by Gasteiger charge is 2.40. The van der Waals surface area contributed by atoms with Crippen molar-refractivity contribution in [3.63, 3.8) is 0 Å². The minimum absolute atomic E-state index is 0.0301. The normalized spacial score (nSPS) is 19.9. The van der Waals surface area contributed by atoms with Crippen molar-refractivity contribution in [2.45, 2.75) is 30.4 Å². The molecule has 1 aromatic carbocycles. The second kappa shape index (κ2) is 5.94. The molecule has 0 radical (unpaired) electrons. The molecule has 0 amide bonds. The summed E-state index contributed by atoms with van der Waals surface area (Å²) < 4.78 is 54.7. The lowest BCUT2D eigenvalue weighted by Crippen LogP contribution is -2.40. The molecule has 1 aliphatic rings. The van der Waals surface area contributed by atoms with Crippen LogP contribution >= 0.6 is 0 Å². The topological polar surface area (TPSA) is 83.9 Å². The van der Waals surface area contributed by atoms with Crippen molar-refractivity contribution >= 4 is 16.0 Å². The number of benzene rings is 1. The van der Waals surface area contributed by atoms with Crippen LogP contribution in [0.1, 0.15) is 12.8 Å². The third kappa shape index (κ3) is 3.13. The van der Waals surface area contributed by atoms with Crippen molar-refractivity contribution < 1.29 is 31.8 Å². The van der Waals surface area contributed by atoms with Crippen LogP contribution in [0.3, 0.4) is 0 Å². The van der Waals surface area contributed by atoms with E-state index in [0.717, 1.165) is 16.4 Å². The van der Waals surface area contributed by atoms with Crippen molar-refractivity contribution in [2.24, 2.45) is 0 Å². The van der Waals surface area contributed by atoms with Crippen LogP contribution in [0.4, 0.5) is 8.78 Å². The first-order valence-electron chi connectivity index (χ1n) is 6.12. The number of para-hydroxylation sites is 1. The monoisotopic (exact) mass is 321 g/mol. The molecule has 1 heterocycles. The van der Waals surface area contributed by atoms with Crippen LogP contribution in [-0.2, 0) is 14.8 Å². The van der Waals surface area contributed by atoms with Gasteiger partial charge in [0, 0.05) is 6.54 Å². The van der Waals surface area contributed by atoms with E-state index in [0.29, 0.717) is 6.42 Å². The predicted molar refractivity (Wildman–Crippen MR) is 67.6 cm³/mol. The molecule has 0 saturated carbocycles. The summed E-state index contributed by atoms with van der Waals surface area (Å²) in [5.41, 5.74) is 0. The molecule has 0 bridgehead atoms. The van der Waals surface area contributed by atoms with E-state index in [1.807, 2.05) is 0 Å². The lowest BCUT2D eigenvalue weighted by molar-refractivity contribution is -0.140. The molecule has 116 valence electrons. The Morgan fingerprint density at radius 2 is 2.05 bits per heavy atom. The van der Waals surface area contributed by atoms with Gasteiger partial charge in [0.1, 0.15) is 16.7 Å². The molecule has 1 fully saturated rings. The molecule has 0 spiro atoms. The van der Waals surface area contributed by atoms with E-state index in [-0.39, 0.29) is 13.0 Å². The van der Waals surface area contributed by atoms with Gasteiger partial charge in [0.15, 0.2) is 0 Å². The Balaban J connectivity index is 2.42. The van der Waals surface area contributed by atoms with Crippen molar-refractivity contribution in [1.29, 1.82) is 0 Å². The van der Waals surface area contributed by atoms with E-state index in [9.17, 15) is 22.0 Å². The molecule has 0 unspecified atom stereocenters. The fourth-order valence-corrected chi connectivity index (χ4v) is 4.03. The lowest BCUT2D eigenvalue weighted by Gasteiger charge is -2.22. The van der Waals surface area contributed by atoms with Gasteiger partial charge in [0.05, 0.1) is 0 Å². The van der Waals surface area contributed by atoms with Crippen LogP contribution in [0.5, 0.6) is 5.75 Å². The molecule has 1 saturated heterocycles. The number of halogens is 2. The van der Waals surface area contributed by atoms with E-state index in [1.54, 1.807) is 0 Å². The zero-order valence-electron chi connectivity index (χ0n) is 10.8. The number of alkyl halides is 2. The molecule has 6 nitrogen and oxygen atoms in total. The maximum absolute atomic E-state index is 12.5. The third-order valence-corrected chi connectivity index (χ3v) is 5.09. The van der Waals surface area contributed by atoms with Gasteiger partial charge in [-0.15, -0.1) is 0 Å². The molecule has 1 atom stereocenters. The minimum Gasteiger partial charge on any atom is -0.480 e. The Labute approximate surface area is 120 Å². The van der Waals surface area contributed by atoms with Gasteiger partial charge < -0.3 is 9.84 Å². The average molecular weight is 321 g/mol. The van der Waals surface area contributed by atoms with Crippen LogP contribution in [0.2, 0.25) is 0 Å². The number of hydrogen-bond donors (Lipinski definition) is 1. The predicted octanol–water partition coefficient (Wildman–Crippen LogP) is 1.53. The summed E-state index contributed by atoms with van der Waals surface area (Å²) in [6, 6.07) is 3.75. The molecule has 1 aliphatic heterocycles. The number of nitrogens with zero attached hydrogens (tertiary/aromatic N) is 1. The Hall–Kier alpha value is -1.74. The molecule has 1 aromatic rings. The smallest absolute Gasteiger partial charge is 0.387 e. The van der Waals surface area contributed by atoms with E-state index in [4.69, 9.17) is 5.11 Å². The number of carbonyl (C=O) groups is 1. The number of aliphatic carboxylic acids is 1. The van der Waals surface area contributed by atoms with Gasteiger partial charge in [-0.3, -0.25) is 4.79 Å². The van der Waals surface area contributed by atoms with Crippen LogP contribution < -0.4 is 4.74 Å². The molecular formula is C12H13F2NO5S. The highest BCUT2D eigenvalue weighted by Crippen LogP contribution is 2.32. The summed E-state index contributed by atoms with van der Waals surface area (Å²) in [6.07, 6.45) is 0.584. The number of carboxylic acids is 1. The number of ether oxygens (including phenoxy) is 1. The summed E-state index contributed by atoms with van der Waals surface area (Å²) >= 11 is 0. The highest BCUT2D eigenvalue weighted by atomic mass is 32.2. The maximum Gasteiger partial charge on any atom is 0.387 e. The number of hydrogen-bond acceptors (Lipinski definition) is 4. The molecular weight excluding hydrogens is 308 g/mol. The highest BCUT2D eigenvalue weighted by molar-refractivity contribution is 7.89. The van der Waals surface area contributed by atoms with Crippen LogP contribution in [0.25, 0.3) is 0 Å². The van der Waals surface area contributed by atoms with Crippen molar-refractivity contribution in [3.8, 4) is 5.75 Å². The summed E-state index contributed by atoms with van der Waals surface area (Å²) in [4.78, 5) is 10.6. The largest absolute Gasteiger partial charge is 0.480 e. The summed E-state index contributed by atoms with van der Waals surface area (Å²) in [7, 11) is -4.21. The van der Waals surface area contributed by atoms with E-state index < -0.39 is 39.3 Å². The van der Waals surface area contributed by atoms with E-state index >= 15 is 0 Å². The Bertz CT molecular complexity index is 634. The van der Waals surface area contributed by atoms with Gasteiger partial charge in [-0.1, -0.05) is 12.1 Å². The Morgan fingerprint density at radius 3 is 2.67 bits per heavy atom. The van der Waals surface area contributed by atoms with Crippen molar-refractivity contribution in [2.75, 3.05) is 6.54 Å². The van der Waals surface area contributed by atoms with Gasteiger partial charge in [-0.2, -0.15) is 13.1 Å². The van der Waals surface area contributed by atoms with Gasteiger partial charge in [0.25, 0.3) is 0 Å². The second-order valence-electron chi connectivity index (χ2n) is 4.44. The fourth-order valence-electron chi connectivity index (χ4n) is 2.26. The van der Waals surface area contributed by atoms with Gasteiger partial charge in [0.2, 0.25) is 10.0 Å². The van der Waals surface area contributed by atoms with Crippen LogP contribution in [-0.4, -0.2) is 43.0 Å². The molecule has 1 N–H and O–H groups in total. The quantitative estimate of drug-likeness (QED) is 0.889.